The summed E-state index contributed by atoms with van der Waals surface area (Å²) in [5.41, 5.74) is 0.536. The van der Waals surface area contributed by atoms with Crippen molar-refractivity contribution >= 4 is 27.6 Å². The molecule has 1 aromatic rings. The highest BCUT2D eigenvalue weighted by molar-refractivity contribution is 7.88. The number of guanidine groups is 1. The zero-order chi connectivity index (χ0) is 18.2. The van der Waals surface area contributed by atoms with Crippen molar-refractivity contribution in [3.63, 3.8) is 0 Å². The second-order valence-electron chi connectivity index (χ2n) is 6.26. The molecule has 136 valence electrons. The van der Waals surface area contributed by atoms with E-state index in [0.717, 1.165) is 24.2 Å². The molecular weight excluding hydrogens is 348 g/mol. The normalized spacial score (nSPS) is 13.0. The summed E-state index contributed by atoms with van der Waals surface area (Å²) in [5.74, 6) is 0.662. The van der Waals surface area contributed by atoms with Crippen molar-refractivity contribution in [3.8, 4) is 0 Å². The number of benzene rings is 1. The van der Waals surface area contributed by atoms with Gasteiger partial charge in [-0.1, -0.05) is 23.7 Å². The van der Waals surface area contributed by atoms with E-state index in [1.54, 1.807) is 13.8 Å². The molecule has 6 nitrogen and oxygen atoms in total. The molecule has 0 fully saturated rings. The van der Waals surface area contributed by atoms with Crippen LogP contribution in [-0.4, -0.2) is 45.8 Å². The lowest BCUT2D eigenvalue weighted by Crippen LogP contribution is -2.47. The summed E-state index contributed by atoms with van der Waals surface area (Å²) in [6.45, 7) is 7.36. The van der Waals surface area contributed by atoms with Gasteiger partial charge in [0.05, 0.1) is 12.8 Å². The lowest BCUT2D eigenvalue weighted by atomic mass is 10.1. The van der Waals surface area contributed by atoms with Crippen LogP contribution < -0.4 is 15.4 Å². The van der Waals surface area contributed by atoms with E-state index in [-0.39, 0.29) is 0 Å². The van der Waals surface area contributed by atoms with E-state index < -0.39 is 15.6 Å². The van der Waals surface area contributed by atoms with Gasteiger partial charge in [-0.3, -0.25) is 4.99 Å². The third-order valence-electron chi connectivity index (χ3n) is 3.06. The molecule has 1 aromatic carbocycles. The van der Waals surface area contributed by atoms with Gasteiger partial charge >= 0.3 is 0 Å². The Morgan fingerprint density at radius 1 is 1.21 bits per heavy atom. The maximum Gasteiger partial charge on any atom is 0.209 e. The molecular formula is C16H27ClN4O2S. The minimum absolute atomic E-state index is 0.330. The average Bonchev–Trinajstić information content (AvgIpc) is 2.44. The van der Waals surface area contributed by atoms with Gasteiger partial charge in [-0.25, -0.2) is 13.1 Å². The van der Waals surface area contributed by atoms with Crippen LogP contribution in [0, 0.1) is 0 Å². The standard InChI is InChI=1S/C16H27ClN4O2S/c1-5-18-15(20-12-16(2,3)21-24(4,22)23)19-11-10-13-6-8-14(17)9-7-13/h6-9,21H,5,10-12H2,1-4H3,(H2,18,19,20). The van der Waals surface area contributed by atoms with E-state index in [2.05, 4.69) is 20.3 Å². The first-order chi connectivity index (χ1) is 11.1. The van der Waals surface area contributed by atoms with Crippen LogP contribution in [0.3, 0.4) is 0 Å². The third-order valence-corrected chi connectivity index (χ3v) is 4.23. The van der Waals surface area contributed by atoms with E-state index in [4.69, 9.17) is 11.6 Å². The number of sulfonamides is 1. The van der Waals surface area contributed by atoms with Crippen molar-refractivity contribution in [1.29, 1.82) is 0 Å². The van der Waals surface area contributed by atoms with E-state index in [0.29, 0.717) is 19.0 Å². The Balaban J connectivity index is 2.57. The maximum absolute atomic E-state index is 11.4. The van der Waals surface area contributed by atoms with Crippen LogP contribution in [0.2, 0.25) is 5.02 Å². The highest BCUT2D eigenvalue weighted by Gasteiger charge is 2.21. The summed E-state index contributed by atoms with van der Waals surface area (Å²) in [5, 5.41) is 7.13. The molecule has 0 radical (unpaired) electrons. The molecule has 0 aromatic heterocycles. The Morgan fingerprint density at radius 2 is 1.83 bits per heavy atom. The Labute approximate surface area is 150 Å². The molecule has 0 atom stereocenters. The molecule has 8 heteroatoms. The average molecular weight is 375 g/mol. The van der Waals surface area contributed by atoms with Gasteiger partial charge in [0.15, 0.2) is 5.96 Å². The van der Waals surface area contributed by atoms with Gasteiger partial charge in [0.25, 0.3) is 0 Å². The predicted octanol–water partition coefficient (Wildman–Crippen LogP) is 1.77. The first-order valence-electron chi connectivity index (χ1n) is 7.87. The van der Waals surface area contributed by atoms with Crippen molar-refractivity contribution in [1.82, 2.24) is 15.4 Å². The summed E-state index contributed by atoms with van der Waals surface area (Å²) >= 11 is 5.87. The van der Waals surface area contributed by atoms with Gasteiger partial charge in [-0.05, 0) is 44.9 Å². The summed E-state index contributed by atoms with van der Waals surface area (Å²) in [4.78, 5) is 4.46. The molecule has 0 spiro atoms. The Morgan fingerprint density at radius 3 is 2.38 bits per heavy atom. The Hall–Kier alpha value is -1.31. The lowest BCUT2D eigenvalue weighted by Gasteiger charge is -2.23. The van der Waals surface area contributed by atoms with Crippen molar-refractivity contribution in [2.24, 2.45) is 4.99 Å². The number of rotatable bonds is 8. The van der Waals surface area contributed by atoms with Crippen LogP contribution in [0.5, 0.6) is 0 Å². The van der Waals surface area contributed by atoms with Gasteiger partial charge < -0.3 is 10.6 Å². The van der Waals surface area contributed by atoms with Gasteiger partial charge in [-0.2, -0.15) is 0 Å². The molecule has 0 saturated carbocycles. The largest absolute Gasteiger partial charge is 0.357 e. The van der Waals surface area contributed by atoms with Crippen LogP contribution in [0.15, 0.2) is 29.3 Å². The maximum atomic E-state index is 11.4. The lowest BCUT2D eigenvalue weighted by molar-refractivity contribution is 0.464. The van der Waals surface area contributed by atoms with Crippen LogP contribution in [-0.2, 0) is 16.4 Å². The molecule has 3 N–H and O–H groups in total. The van der Waals surface area contributed by atoms with Crippen LogP contribution >= 0.6 is 11.6 Å². The third kappa shape index (κ3) is 9.10. The monoisotopic (exact) mass is 374 g/mol. The number of hydrogen-bond donors (Lipinski definition) is 3. The molecule has 0 aliphatic rings. The molecule has 0 unspecified atom stereocenters. The first kappa shape index (κ1) is 20.7. The molecule has 0 aliphatic carbocycles. The van der Waals surface area contributed by atoms with Crippen molar-refractivity contribution < 1.29 is 8.42 Å². The molecule has 0 heterocycles. The van der Waals surface area contributed by atoms with E-state index in [1.807, 2.05) is 31.2 Å². The molecule has 0 bridgehead atoms. The fourth-order valence-electron chi connectivity index (χ4n) is 2.13. The zero-order valence-corrected chi connectivity index (χ0v) is 16.3. The summed E-state index contributed by atoms with van der Waals surface area (Å²) < 4.78 is 25.3. The fourth-order valence-corrected chi connectivity index (χ4v) is 3.32. The van der Waals surface area contributed by atoms with Gasteiger partial charge in [-0.15, -0.1) is 0 Å². The second-order valence-corrected chi connectivity index (χ2v) is 8.44. The number of halogens is 1. The summed E-state index contributed by atoms with van der Waals surface area (Å²) in [6, 6.07) is 7.73. The van der Waals surface area contributed by atoms with Crippen molar-refractivity contribution in [2.45, 2.75) is 32.7 Å². The Kier molecular flexibility index (Phi) is 7.99. The van der Waals surface area contributed by atoms with E-state index in [9.17, 15) is 8.42 Å². The van der Waals surface area contributed by atoms with Crippen molar-refractivity contribution in [2.75, 3.05) is 25.9 Å². The zero-order valence-electron chi connectivity index (χ0n) is 14.7. The molecule has 0 saturated heterocycles. The van der Waals surface area contributed by atoms with E-state index in [1.165, 1.54) is 5.56 Å². The van der Waals surface area contributed by atoms with E-state index >= 15 is 0 Å². The smallest absolute Gasteiger partial charge is 0.209 e. The number of nitrogens with one attached hydrogen (secondary N) is 3. The van der Waals surface area contributed by atoms with Crippen molar-refractivity contribution in [3.05, 3.63) is 34.9 Å². The van der Waals surface area contributed by atoms with Gasteiger partial charge in [0.1, 0.15) is 0 Å². The SMILES string of the molecule is CCNC(=NCC(C)(C)NS(C)(=O)=O)NCCc1ccc(Cl)cc1. The quantitative estimate of drug-likeness (QED) is 0.478. The van der Waals surface area contributed by atoms with Crippen LogP contribution in [0.4, 0.5) is 0 Å². The summed E-state index contributed by atoms with van der Waals surface area (Å²) in [6.07, 6.45) is 1.99. The predicted molar refractivity (Wildman–Crippen MR) is 101 cm³/mol. The van der Waals surface area contributed by atoms with Crippen LogP contribution in [0.1, 0.15) is 26.3 Å². The molecule has 24 heavy (non-hydrogen) atoms. The highest BCUT2D eigenvalue weighted by atomic mass is 35.5. The molecule has 0 aliphatic heterocycles. The topological polar surface area (TPSA) is 82.6 Å². The van der Waals surface area contributed by atoms with Gasteiger partial charge in [0, 0.05) is 23.7 Å². The minimum Gasteiger partial charge on any atom is -0.357 e. The molecule has 1 rings (SSSR count). The Bertz CT molecular complexity index is 643. The first-order valence-corrected chi connectivity index (χ1v) is 10.1. The number of aliphatic imine (C=N–C) groups is 1. The fraction of sp³-hybridized carbons (Fsp3) is 0.562. The van der Waals surface area contributed by atoms with Crippen LogP contribution in [0.25, 0.3) is 0 Å². The number of hydrogen-bond acceptors (Lipinski definition) is 3. The minimum atomic E-state index is -3.27. The second kappa shape index (κ2) is 9.25. The number of nitrogens with zero attached hydrogens (tertiary/aromatic N) is 1. The summed E-state index contributed by atoms with van der Waals surface area (Å²) in [7, 11) is -3.27. The molecule has 0 amide bonds. The highest BCUT2D eigenvalue weighted by Crippen LogP contribution is 2.09. The van der Waals surface area contributed by atoms with Gasteiger partial charge in [0.2, 0.25) is 10.0 Å².